The standard InChI is InChI=1S/C11H13F2NO.ClH/c1-2-3-10(14)8-4-6-9(7-5-8)15-11(12)13;/h2,4-7,10-11H,1,3,14H2;1H/t10-;/m0./s1. The fraction of sp³-hybridized carbons (Fsp3) is 0.273. The molecule has 0 aliphatic rings. The Balaban J connectivity index is 0.00000225. The fourth-order valence-corrected chi connectivity index (χ4v) is 1.21. The zero-order valence-electron chi connectivity index (χ0n) is 8.61. The van der Waals surface area contributed by atoms with E-state index in [0.29, 0.717) is 6.42 Å². The number of hydrogen-bond donors (Lipinski definition) is 1. The molecule has 0 aliphatic carbocycles. The van der Waals surface area contributed by atoms with Crippen LogP contribution in [-0.2, 0) is 0 Å². The van der Waals surface area contributed by atoms with Gasteiger partial charge in [-0.1, -0.05) is 18.2 Å². The van der Waals surface area contributed by atoms with Crippen LogP contribution in [-0.4, -0.2) is 6.61 Å². The number of halogens is 3. The number of alkyl halides is 2. The zero-order chi connectivity index (χ0) is 11.3. The van der Waals surface area contributed by atoms with E-state index in [1.165, 1.54) is 12.1 Å². The second-order valence-electron chi connectivity index (χ2n) is 3.08. The lowest BCUT2D eigenvalue weighted by atomic mass is 10.1. The molecule has 1 aromatic carbocycles. The van der Waals surface area contributed by atoms with Crippen molar-refractivity contribution in [2.24, 2.45) is 5.73 Å². The molecule has 0 saturated heterocycles. The summed E-state index contributed by atoms with van der Waals surface area (Å²) in [6.07, 6.45) is 2.36. The smallest absolute Gasteiger partial charge is 0.387 e. The average molecular weight is 250 g/mol. The first kappa shape index (κ1) is 14.9. The predicted octanol–water partition coefficient (Wildman–Crippen LogP) is 3.29. The Hall–Kier alpha value is -1.13. The summed E-state index contributed by atoms with van der Waals surface area (Å²) in [4.78, 5) is 0. The van der Waals surface area contributed by atoms with Crippen LogP contribution in [0, 0.1) is 0 Å². The summed E-state index contributed by atoms with van der Waals surface area (Å²) >= 11 is 0. The van der Waals surface area contributed by atoms with Gasteiger partial charge in [-0.05, 0) is 24.1 Å². The van der Waals surface area contributed by atoms with E-state index in [0.717, 1.165) is 5.56 Å². The molecule has 1 atom stereocenters. The summed E-state index contributed by atoms with van der Waals surface area (Å²) in [5.41, 5.74) is 6.67. The monoisotopic (exact) mass is 249 g/mol. The van der Waals surface area contributed by atoms with Gasteiger partial charge >= 0.3 is 6.61 Å². The zero-order valence-corrected chi connectivity index (χ0v) is 9.42. The molecule has 0 spiro atoms. The van der Waals surface area contributed by atoms with E-state index in [1.807, 2.05) is 0 Å². The highest BCUT2D eigenvalue weighted by molar-refractivity contribution is 5.85. The maximum absolute atomic E-state index is 11.8. The second kappa shape index (κ2) is 7.19. The number of ether oxygens (including phenoxy) is 1. The van der Waals surface area contributed by atoms with Crippen molar-refractivity contribution in [1.82, 2.24) is 0 Å². The van der Waals surface area contributed by atoms with Crippen LogP contribution in [0.1, 0.15) is 18.0 Å². The highest BCUT2D eigenvalue weighted by Crippen LogP contribution is 2.19. The SMILES string of the molecule is C=CC[C@H](N)c1ccc(OC(F)F)cc1.Cl. The molecule has 0 aliphatic heterocycles. The molecule has 0 bridgehead atoms. The van der Waals surface area contributed by atoms with Gasteiger partial charge in [0, 0.05) is 6.04 Å². The molecular weight excluding hydrogens is 236 g/mol. The third-order valence-electron chi connectivity index (χ3n) is 1.95. The number of hydrogen-bond acceptors (Lipinski definition) is 2. The van der Waals surface area contributed by atoms with Gasteiger partial charge in [-0.2, -0.15) is 8.78 Å². The van der Waals surface area contributed by atoms with Gasteiger partial charge < -0.3 is 10.5 Å². The van der Waals surface area contributed by atoms with E-state index < -0.39 is 6.61 Å². The largest absolute Gasteiger partial charge is 0.435 e. The van der Waals surface area contributed by atoms with Gasteiger partial charge in [0.05, 0.1) is 0 Å². The van der Waals surface area contributed by atoms with Gasteiger partial charge in [-0.25, -0.2) is 0 Å². The Morgan fingerprint density at radius 3 is 2.31 bits per heavy atom. The van der Waals surface area contributed by atoms with Crippen LogP contribution in [0.2, 0.25) is 0 Å². The Bertz CT molecular complexity index is 316. The molecule has 5 heteroatoms. The lowest BCUT2D eigenvalue weighted by molar-refractivity contribution is -0.0498. The van der Waals surface area contributed by atoms with Gasteiger partial charge in [0.15, 0.2) is 0 Å². The van der Waals surface area contributed by atoms with Crippen molar-refractivity contribution in [2.45, 2.75) is 19.1 Å². The van der Waals surface area contributed by atoms with Gasteiger partial charge in [0.2, 0.25) is 0 Å². The Morgan fingerprint density at radius 1 is 1.31 bits per heavy atom. The minimum atomic E-state index is -2.79. The summed E-state index contributed by atoms with van der Waals surface area (Å²) in [6, 6.07) is 6.15. The molecule has 0 saturated carbocycles. The highest BCUT2D eigenvalue weighted by Gasteiger charge is 2.06. The van der Waals surface area contributed by atoms with Crippen molar-refractivity contribution in [3.63, 3.8) is 0 Å². The molecule has 0 amide bonds. The first-order valence-electron chi connectivity index (χ1n) is 4.54. The summed E-state index contributed by atoms with van der Waals surface area (Å²) < 4.78 is 27.9. The van der Waals surface area contributed by atoms with Crippen molar-refractivity contribution in [3.8, 4) is 5.75 Å². The van der Waals surface area contributed by atoms with Crippen LogP contribution >= 0.6 is 12.4 Å². The van der Waals surface area contributed by atoms with E-state index in [1.54, 1.807) is 18.2 Å². The van der Waals surface area contributed by atoms with Gasteiger partial charge in [-0.3, -0.25) is 0 Å². The molecule has 90 valence electrons. The van der Waals surface area contributed by atoms with Crippen molar-refractivity contribution >= 4 is 12.4 Å². The lowest BCUT2D eigenvalue weighted by Crippen LogP contribution is -2.09. The number of benzene rings is 1. The number of nitrogens with two attached hydrogens (primary N) is 1. The molecule has 1 rings (SSSR count). The molecule has 0 unspecified atom stereocenters. The van der Waals surface area contributed by atoms with Crippen molar-refractivity contribution < 1.29 is 13.5 Å². The topological polar surface area (TPSA) is 35.2 Å². The van der Waals surface area contributed by atoms with E-state index >= 15 is 0 Å². The van der Waals surface area contributed by atoms with E-state index in [9.17, 15) is 8.78 Å². The molecule has 0 radical (unpaired) electrons. The molecule has 0 heterocycles. The van der Waals surface area contributed by atoms with Crippen LogP contribution in [0.15, 0.2) is 36.9 Å². The van der Waals surface area contributed by atoms with E-state index in [2.05, 4.69) is 11.3 Å². The summed E-state index contributed by atoms with van der Waals surface area (Å²) in [5, 5.41) is 0. The summed E-state index contributed by atoms with van der Waals surface area (Å²) in [6.45, 7) is 0.785. The summed E-state index contributed by atoms with van der Waals surface area (Å²) in [7, 11) is 0. The average Bonchev–Trinajstić information content (AvgIpc) is 2.18. The van der Waals surface area contributed by atoms with E-state index in [-0.39, 0.29) is 24.2 Å². The molecule has 2 N–H and O–H groups in total. The van der Waals surface area contributed by atoms with Crippen LogP contribution in [0.25, 0.3) is 0 Å². The van der Waals surface area contributed by atoms with Crippen molar-refractivity contribution in [3.05, 3.63) is 42.5 Å². The van der Waals surface area contributed by atoms with Crippen LogP contribution in [0.3, 0.4) is 0 Å². The van der Waals surface area contributed by atoms with Crippen LogP contribution in [0.5, 0.6) is 5.75 Å². The third-order valence-corrected chi connectivity index (χ3v) is 1.95. The molecule has 0 fully saturated rings. The van der Waals surface area contributed by atoms with Gasteiger partial charge in [0.1, 0.15) is 5.75 Å². The molecular formula is C11H14ClF2NO. The van der Waals surface area contributed by atoms with Crippen molar-refractivity contribution in [1.29, 1.82) is 0 Å². The maximum Gasteiger partial charge on any atom is 0.387 e. The maximum atomic E-state index is 11.8. The Kier molecular flexibility index (Phi) is 6.69. The van der Waals surface area contributed by atoms with Crippen molar-refractivity contribution in [2.75, 3.05) is 0 Å². The Morgan fingerprint density at radius 2 is 1.88 bits per heavy atom. The molecule has 1 aromatic rings. The van der Waals surface area contributed by atoms with Gasteiger partial charge in [-0.15, -0.1) is 19.0 Å². The minimum Gasteiger partial charge on any atom is -0.435 e. The number of rotatable bonds is 5. The normalized spacial score (nSPS) is 11.8. The first-order valence-corrected chi connectivity index (χ1v) is 4.54. The van der Waals surface area contributed by atoms with Gasteiger partial charge in [0.25, 0.3) is 0 Å². The Labute approximate surface area is 99.5 Å². The third kappa shape index (κ3) is 4.59. The molecule has 0 aromatic heterocycles. The quantitative estimate of drug-likeness (QED) is 0.813. The second-order valence-corrected chi connectivity index (χ2v) is 3.08. The lowest BCUT2D eigenvalue weighted by Gasteiger charge is -2.10. The highest BCUT2D eigenvalue weighted by atomic mass is 35.5. The summed E-state index contributed by atoms with van der Waals surface area (Å²) in [5.74, 6) is 0.138. The fourth-order valence-electron chi connectivity index (χ4n) is 1.21. The van der Waals surface area contributed by atoms with E-state index in [4.69, 9.17) is 5.73 Å². The minimum absolute atomic E-state index is 0. The molecule has 2 nitrogen and oxygen atoms in total. The van der Waals surface area contributed by atoms with Crippen LogP contribution < -0.4 is 10.5 Å². The first-order chi connectivity index (χ1) is 7.13. The molecule has 16 heavy (non-hydrogen) atoms. The van der Waals surface area contributed by atoms with Crippen LogP contribution in [0.4, 0.5) is 8.78 Å². The predicted molar refractivity (Wildman–Crippen MR) is 62.1 cm³/mol.